The van der Waals surface area contributed by atoms with Crippen LogP contribution in [0.5, 0.6) is 0 Å². The molecule has 1 unspecified atom stereocenters. The van der Waals surface area contributed by atoms with Crippen LogP contribution in [-0.2, 0) is 10.8 Å². The van der Waals surface area contributed by atoms with Gasteiger partial charge < -0.3 is 0 Å². The maximum absolute atomic E-state index is 10.6. The summed E-state index contributed by atoms with van der Waals surface area (Å²) in [4.78, 5) is 3.92. The average Bonchev–Trinajstić information content (AvgIpc) is 1.94. The second-order valence-corrected chi connectivity index (χ2v) is 2.91. The Labute approximate surface area is 50.8 Å². The van der Waals surface area contributed by atoms with Crippen LogP contribution >= 0.6 is 0 Å². The topological polar surface area (TPSA) is 29.4 Å². The van der Waals surface area contributed by atoms with E-state index in [1.54, 1.807) is 17.7 Å². The Morgan fingerprint density at radius 3 is 3.38 bits per heavy atom. The molecule has 1 rings (SSSR count). The Morgan fingerprint density at radius 1 is 1.62 bits per heavy atom. The zero-order valence-electron chi connectivity index (χ0n) is 4.41. The van der Waals surface area contributed by atoms with Gasteiger partial charge in [-0.2, -0.15) is 0 Å². The predicted molar refractivity (Wildman–Crippen MR) is 35.5 cm³/mol. The number of nitrogens with zero attached hydrogens (tertiary/aromatic N) is 1. The summed E-state index contributed by atoms with van der Waals surface area (Å²) in [7, 11) is -0.763. The Kier molecular flexibility index (Phi) is 1.97. The number of rotatable bonds is 0. The molecule has 1 atom stereocenters. The fourth-order valence-corrected chi connectivity index (χ4v) is 1.14. The van der Waals surface area contributed by atoms with Crippen molar-refractivity contribution in [3.05, 3.63) is 11.5 Å². The third-order valence-electron chi connectivity index (χ3n) is 0.843. The van der Waals surface area contributed by atoms with E-state index in [1.165, 1.54) is 0 Å². The van der Waals surface area contributed by atoms with E-state index < -0.39 is 10.8 Å². The van der Waals surface area contributed by atoms with E-state index in [4.69, 9.17) is 0 Å². The number of hydrogen-bond donors (Lipinski definition) is 0. The first-order chi connectivity index (χ1) is 3.89. The zero-order chi connectivity index (χ0) is 5.82. The van der Waals surface area contributed by atoms with Gasteiger partial charge in [-0.25, -0.2) is 0 Å². The van der Waals surface area contributed by atoms with Crippen molar-refractivity contribution < 1.29 is 4.21 Å². The normalized spacial score (nSPS) is 27.8. The Balaban J connectivity index is 2.58. The highest BCUT2D eigenvalue weighted by molar-refractivity contribution is 7.88. The average molecular weight is 129 g/mol. The number of hydrogen-bond acceptors (Lipinski definition) is 2. The molecule has 0 radical (unpaired) electrons. The van der Waals surface area contributed by atoms with Crippen molar-refractivity contribution in [3.63, 3.8) is 0 Å². The van der Waals surface area contributed by atoms with Crippen LogP contribution in [0.2, 0.25) is 0 Å². The summed E-state index contributed by atoms with van der Waals surface area (Å²) in [6.07, 6.45) is 3.41. The van der Waals surface area contributed by atoms with Crippen molar-refractivity contribution in [1.29, 1.82) is 0 Å². The Morgan fingerprint density at radius 2 is 2.50 bits per heavy atom. The Hall–Kier alpha value is -0.440. The van der Waals surface area contributed by atoms with Crippen LogP contribution in [0.15, 0.2) is 16.5 Å². The SMILES string of the molecule is O=S1C=CC=NCC1. The fraction of sp³-hybridized carbons (Fsp3) is 0.400. The molecule has 0 saturated heterocycles. The first-order valence-corrected chi connectivity index (χ1v) is 3.81. The van der Waals surface area contributed by atoms with Crippen molar-refractivity contribution in [2.75, 3.05) is 12.3 Å². The fourth-order valence-electron chi connectivity index (χ4n) is 0.469. The summed E-state index contributed by atoms with van der Waals surface area (Å²) in [5.41, 5.74) is 0. The third kappa shape index (κ3) is 1.58. The van der Waals surface area contributed by atoms with Crippen molar-refractivity contribution in [2.24, 2.45) is 4.99 Å². The van der Waals surface area contributed by atoms with E-state index in [1.807, 2.05) is 0 Å². The first kappa shape index (κ1) is 5.69. The number of aliphatic imine (C=N–C) groups is 1. The second-order valence-electron chi connectivity index (χ2n) is 1.47. The summed E-state index contributed by atoms with van der Waals surface area (Å²) < 4.78 is 10.6. The van der Waals surface area contributed by atoms with Crippen molar-refractivity contribution >= 4 is 17.0 Å². The minimum absolute atomic E-state index is 0.674. The molecule has 0 fully saturated rings. The highest BCUT2D eigenvalue weighted by atomic mass is 32.2. The zero-order valence-corrected chi connectivity index (χ0v) is 5.23. The molecule has 44 valence electrons. The summed E-state index contributed by atoms with van der Waals surface area (Å²) in [6, 6.07) is 0. The van der Waals surface area contributed by atoms with Gasteiger partial charge in [0, 0.05) is 28.2 Å². The van der Waals surface area contributed by atoms with Crippen LogP contribution in [0.4, 0.5) is 0 Å². The monoisotopic (exact) mass is 129 g/mol. The van der Waals surface area contributed by atoms with Crippen LogP contribution in [0.1, 0.15) is 0 Å². The van der Waals surface area contributed by atoms with Gasteiger partial charge in [-0.3, -0.25) is 9.20 Å². The molecule has 0 bridgehead atoms. The molecule has 0 N–H and O–H groups in total. The summed E-state index contributed by atoms with van der Waals surface area (Å²) >= 11 is 0. The van der Waals surface area contributed by atoms with Crippen molar-refractivity contribution in [3.8, 4) is 0 Å². The van der Waals surface area contributed by atoms with Gasteiger partial charge in [0.2, 0.25) is 0 Å². The molecule has 0 spiro atoms. The lowest BCUT2D eigenvalue weighted by molar-refractivity contribution is 0.688. The van der Waals surface area contributed by atoms with E-state index >= 15 is 0 Å². The van der Waals surface area contributed by atoms with Crippen molar-refractivity contribution in [2.45, 2.75) is 0 Å². The maximum atomic E-state index is 10.6. The molecule has 0 aromatic rings. The van der Waals surface area contributed by atoms with Gasteiger partial charge in [-0.1, -0.05) is 0 Å². The van der Waals surface area contributed by atoms with Crippen LogP contribution in [-0.4, -0.2) is 22.7 Å². The van der Waals surface area contributed by atoms with E-state index in [-0.39, 0.29) is 0 Å². The van der Waals surface area contributed by atoms with Gasteiger partial charge in [0.05, 0.1) is 6.54 Å². The van der Waals surface area contributed by atoms with E-state index in [2.05, 4.69) is 4.99 Å². The van der Waals surface area contributed by atoms with Gasteiger partial charge in [-0.15, -0.1) is 0 Å². The lowest BCUT2D eigenvalue weighted by Gasteiger charge is -1.84. The first-order valence-electron chi connectivity index (χ1n) is 2.43. The molecule has 0 aromatic carbocycles. The number of allylic oxidation sites excluding steroid dienone is 1. The van der Waals surface area contributed by atoms with Gasteiger partial charge >= 0.3 is 0 Å². The molecule has 0 amide bonds. The molecule has 0 aliphatic carbocycles. The second kappa shape index (κ2) is 2.77. The Bertz CT molecular complexity index is 151. The highest BCUT2D eigenvalue weighted by Gasteiger charge is 1.92. The lowest BCUT2D eigenvalue weighted by Crippen LogP contribution is -1.93. The molecule has 1 aliphatic rings. The molecular formula is C5H7NOS. The minimum atomic E-state index is -0.763. The van der Waals surface area contributed by atoms with Crippen LogP contribution in [0, 0.1) is 0 Å². The molecule has 8 heavy (non-hydrogen) atoms. The van der Waals surface area contributed by atoms with E-state index in [9.17, 15) is 4.21 Å². The third-order valence-corrected chi connectivity index (χ3v) is 1.89. The van der Waals surface area contributed by atoms with Gasteiger partial charge in [-0.05, 0) is 6.08 Å². The smallest absolute Gasteiger partial charge is 0.0508 e. The summed E-state index contributed by atoms with van der Waals surface area (Å²) in [5, 5.41) is 1.66. The standard InChI is InChI=1S/C5H7NOS/c7-8-4-1-2-6-3-5-8/h1-2,4H,3,5H2. The van der Waals surface area contributed by atoms with E-state index in [0.717, 1.165) is 0 Å². The maximum Gasteiger partial charge on any atom is 0.0508 e. The summed E-state index contributed by atoms with van der Waals surface area (Å²) in [6.45, 7) is 0.694. The minimum Gasteiger partial charge on any atom is -0.292 e. The van der Waals surface area contributed by atoms with Crippen molar-refractivity contribution in [1.82, 2.24) is 0 Å². The quantitative estimate of drug-likeness (QED) is 0.463. The van der Waals surface area contributed by atoms with E-state index in [0.29, 0.717) is 12.3 Å². The molecule has 3 heteroatoms. The molecule has 0 saturated carbocycles. The predicted octanol–water partition coefficient (Wildman–Crippen LogP) is 0.333. The van der Waals surface area contributed by atoms with Gasteiger partial charge in [0.25, 0.3) is 0 Å². The van der Waals surface area contributed by atoms with Crippen LogP contribution in [0.3, 0.4) is 0 Å². The highest BCUT2D eigenvalue weighted by Crippen LogP contribution is 1.88. The molecule has 1 heterocycles. The molecule has 2 nitrogen and oxygen atoms in total. The van der Waals surface area contributed by atoms with Crippen LogP contribution < -0.4 is 0 Å². The van der Waals surface area contributed by atoms with Gasteiger partial charge in [0.15, 0.2) is 0 Å². The lowest BCUT2D eigenvalue weighted by atomic mass is 10.7. The largest absolute Gasteiger partial charge is 0.292 e. The molecular weight excluding hydrogens is 122 g/mol. The summed E-state index contributed by atoms with van der Waals surface area (Å²) in [5.74, 6) is 0.674. The van der Waals surface area contributed by atoms with Crippen LogP contribution in [0.25, 0.3) is 0 Å². The molecule has 0 aromatic heterocycles. The molecule has 1 aliphatic heterocycles. The van der Waals surface area contributed by atoms with Gasteiger partial charge in [0.1, 0.15) is 0 Å².